The van der Waals surface area contributed by atoms with E-state index < -0.39 is 0 Å². The van der Waals surface area contributed by atoms with Gasteiger partial charge in [-0.1, -0.05) is 6.92 Å². The average Bonchev–Trinajstić information content (AvgIpc) is 2.36. The highest BCUT2D eigenvalue weighted by Gasteiger charge is 2.11. The molecule has 0 bridgehead atoms. The first-order valence-electron chi connectivity index (χ1n) is 6.46. The Balaban J connectivity index is 2.77. The molecule has 1 aromatic carbocycles. The zero-order chi connectivity index (χ0) is 14.3. The van der Waals surface area contributed by atoms with E-state index in [-0.39, 0.29) is 6.10 Å². The normalized spacial score (nSPS) is 12.3. The molecule has 0 aliphatic carbocycles. The monoisotopic (exact) mass is 331 g/mol. The molecule has 0 unspecified atom stereocenters. The number of halogens is 1. The molecule has 0 heterocycles. The Labute approximate surface area is 123 Å². The molecule has 0 radical (unpaired) electrons. The van der Waals surface area contributed by atoms with E-state index in [2.05, 4.69) is 28.2 Å². The Morgan fingerprint density at radius 3 is 2.74 bits per heavy atom. The summed E-state index contributed by atoms with van der Waals surface area (Å²) in [5.74, 6) is 1.46. The minimum atomic E-state index is -0.350. The van der Waals surface area contributed by atoms with E-state index in [9.17, 15) is 5.11 Å². The molecule has 5 heteroatoms. The molecule has 2 N–H and O–H groups in total. The standard InChI is InChI=1S/C14H22BrNO3/c1-4-5-19-14-12(15)6-11(7-13(14)18-3)9-16-8-10(2)17/h6-7,10,16-17H,4-5,8-9H2,1-3H3/t10-/m0/s1. The van der Waals surface area contributed by atoms with Crippen molar-refractivity contribution in [3.05, 3.63) is 22.2 Å². The summed E-state index contributed by atoms with van der Waals surface area (Å²) in [5, 5.41) is 12.4. The van der Waals surface area contributed by atoms with Gasteiger partial charge < -0.3 is 19.9 Å². The predicted molar refractivity (Wildman–Crippen MR) is 79.9 cm³/mol. The molecule has 19 heavy (non-hydrogen) atoms. The molecule has 0 saturated carbocycles. The van der Waals surface area contributed by atoms with Gasteiger partial charge in [0.15, 0.2) is 11.5 Å². The van der Waals surface area contributed by atoms with Crippen LogP contribution in [0.15, 0.2) is 16.6 Å². The van der Waals surface area contributed by atoms with Gasteiger partial charge >= 0.3 is 0 Å². The second kappa shape index (κ2) is 8.40. The third kappa shape index (κ3) is 5.38. The van der Waals surface area contributed by atoms with E-state index in [1.54, 1.807) is 14.0 Å². The van der Waals surface area contributed by atoms with Gasteiger partial charge in [-0.25, -0.2) is 0 Å². The van der Waals surface area contributed by atoms with Gasteiger partial charge in [-0.2, -0.15) is 0 Å². The molecule has 1 atom stereocenters. The molecular weight excluding hydrogens is 310 g/mol. The van der Waals surface area contributed by atoms with Crippen LogP contribution in [0.1, 0.15) is 25.8 Å². The first kappa shape index (κ1) is 16.3. The van der Waals surface area contributed by atoms with Crippen molar-refractivity contribution in [2.75, 3.05) is 20.3 Å². The van der Waals surface area contributed by atoms with Crippen molar-refractivity contribution in [1.29, 1.82) is 0 Å². The molecule has 0 amide bonds. The number of rotatable bonds is 8. The molecule has 0 fully saturated rings. The molecule has 1 aromatic rings. The Kier molecular flexibility index (Phi) is 7.20. The summed E-state index contributed by atoms with van der Waals surface area (Å²) in [4.78, 5) is 0. The van der Waals surface area contributed by atoms with Crippen molar-refractivity contribution in [1.82, 2.24) is 5.32 Å². The van der Waals surface area contributed by atoms with E-state index in [0.29, 0.717) is 19.7 Å². The lowest BCUT2D eigenvalue weighted by molar-refractivity contribution is 0.191. The predicted octanol–water partition coefficient (Wildman–Crippen LogP) is 2.72. The number of aliphatic hydroxyl groups is 1. The molecule has 1 rings (SSSR count). The number of hydrogen-bond donors (Lipinski definition) is 2. The number of benzene rings is 1. The van der Waals surface area contributed by atoms with Gasteiger partial charge in [0, 0.05) is 13.1 Å². The van der Waals surface area contributed by atoms with Gasteiger partial charge in [0.05, 0.1) is 24.3 Å². The smallest absolute Gasteiger partial charge is 0.175 e. The van der Waals surface area contributed by atoms with Gasteiger partial charge in [-0.05, 0) is 47.0 Å². The molecular formula is C14H22BrNO3. The molecule has 0 spiro atoms. The summed E-state index contributed by atoms with van der Waals surface area (Å²) in [6.45, 7) is 5.72. The summed E-state index contributed by atoms with van der Waals surface area (Å²) in [7, 11) is 1.63. The van der Waals surface area contributed by atoms with Crippen LogP contribution in [0.5, 0.6) is 11.5 Å². The maximum Gasteiger partial charge on any atom is 0.175 e. The minimum Gasteiger partial charge on any atom is -0.493 e. The summed E-state index contributed by atoms with van der Waals surface area (Å²) in [6, 6.07) is 3.95. The topological polar surface area (TPSA) is 50.7 Å². The van der Waals surface area contributed by atoms with Crippen molar-refractivity contribution in [3.63, 3.8) is 0 Å². The first-order valence-corrected chi connectivity index (χ1v) is 7.25. The van der Waals surface area contributed by atoms with Crippen LogP contribution in [0, 0.1) is 0 Å². The van der Waals surface area contributed by atoms with Crippen LogP contribution in [0.4, 0.5) is 0 Å². The quantitative estimate of drug-likeness (QED) is 0.769. The fourth-order valence-electron chi connectivity index (χ4n) is 1.64. The van der Waals surface area contributed by atoms with Crippen LogP contribution < -0.4 is 14.8 Å². The Hall–Kier alpha value is -0.780. The second-order valence-electron chi connectivity index (χ2n) is 4.44. The van der Waals surface area contributed by atoms with Crippen LogP contribution in [0.2, 0.25) is 0 Å². The van der Waals surface area contributed by atoms with Gasteiger partial charge in [0.2, 0.25) is 0 Å². The number of methoxy groups -OCH3 is 1. The molecule has 0 aliphatic rings. The van der Waals surface area contributed by atoms with Crippen molar-refractivity contribution in [2.24, 2.45) is 0 Å². The molecule has 0 aliphatic heterocycles. The molecule has 4 nitrogen and oxygen atoms in total. The third-order valence-electron chi connectivity index (χ3n) is 2.51. The zero-order valence-electron chi connectivity index (χ0n) is 11.7. The van der Waals surface area contributed by atoms with Crippen LogP contribution >= 0.6 is 15.9 Å². The summed E-state index contributed by atoms with van der Waals surface area (Å²) < 4.78 is 11.9. The average molecular weight is 332 g/mol. The van der Waals surface area contributed by atoms with E-state index in [1.165, 1.54) is 0 Å². The second-order valence-corrected chi connectivity index (χ2v) is 5.29. The third-order valence-corrected chi connectivity index (χ3v) is 3.10. The Morgan fingerprint density at radius 1 is 1.42 bits per heavy atom. The molecule has 0 aromatic heterocycles. The zero-order valence-corrected chi connectivity index (χ0v) is 13.3. The maximum absolute atomic E-state index is 9.21. The number of aliphatic hydroxyl groups excluding tert-OH is 1. The van der Waals surface area contributed by atoms with Crippen molar-refractivity contribution in [3.8, 4) is 11.5 Å². The van der Waals surface area contributed by atoms with Crippen LogP contribution in [0.25, 0.3) is 0 Å². The summed E-state index contributed by atoms with van der Waals surface area (Å²) in [6.07, 6.45) is 0.602. The maximum atomic E-state index is 9.21. The number of hydrogen-bond acceptors (Lipinski definition) is 4. The summed E-state index contributed by atoms with van der Waals surface area (Å²) >= 11 is 3.51. The molecule has 108 valence electrons. The minimum absolute atomic E-state index is 0.350. The SMILES string of the molecule is CCCOc1c(Br)cc(CNC[C@H](C)O)cc1OC. The van der Waals surface area contributed by atoms with Crippen molar-refractivity contribution >= 4 is 15.9 Å². The van der Waals surface area contributed by atoms with E-state index in [1.807, 2.05) is 12.1 Å². The first-order chi connectivity index (χ1) is 9.08. The fraction of sp³-hybridized carbons (Fsp3) is 0.571. The van der Waals surface area contributed by atoms with E-state index in [4.69, 9.17) is 9.47 Å². The highest BCUT2D eigenvalue weighted by Crippen LogP contribution is 2.36. The van der Waals surface area contributed by atoms with Crippen LogP contribution in [-0.4, -0.2) is 31.5 Å². The van der Waals surface area contributed by atoms with E-state index in [0.717, 1.165) is 28.0 Å². The van der Waals surface area contributed by atoms with Crippen molar-refractivity contribution in [2.45, 2.75) is 32.9 Å². The lowest BCUT2D eigenvalue weighted by Crippen LogP contribution is -2.23. The van der Waals surface area contributed by atoms with Gasteiger partial charge in [0.1, 0.15) is 0 Å². The fourth-order valence-corrected chi connectivity index (χ4v) is 2.25. The number of ether oxygens (including phenoxy) is 2. The molecule has 0 saturated heterocycles. The van der Waals surface area contributed by atoms with E-state index >= 15 is 0 Å². The largest absolute Gasteiger partial charge is 0.493 e. The number of nitrogens with one attached hydrogen (secondary N) is 1. The lowest BCUT2D eigenvalue weighted by Gasteiger charge is -2.14. The Morgan fingerprint density at radius 2 is 2.16 bits per heavy atom. The van der Waals surface area contributed by atoms with Gasteiger partial charge in [0.25, 0.3) is 0 Å². The lowest BCUT2D eigenvalue weighted by atomic mass is 10.2. The highest BCUT2D eigenvalue weighted by atomic mass is 79.9. The van der Waals surface area contributed by atoms with Gasteiger partial charge in [-0.15, -0.1) is 0 Å². The van der Waals surface area contributed by atoms with Crippen molar-refractivity contribution < 1.29 is 14.6 Å². The Bertz CT molecular complexity index is 397. The van der Waals surface area contributed by atoms with Crippen LogP contribution in [-0.2, 0) is 6.54 Å². The van der Waals surface area contributed by atoms with Crippen LogP contribution in [0.3, 0.4) is 0 Å². The summed E-state index contributed by atoms with van der Waals surface area (Å²) in [5.41, 5.74) is 1.08. The highest BCUT2D eigenvalue weighted by molar-refractivity contribution is 9.10. The van der Waals surface area contributed by atoms with Gasteiger partial charge in [-0.3, -0.25) is 0 Å².